The van der Waals surface area contributed by atoms with E-state index >= 15 is 0 Å². The van der Waals surface area contributed by atoms with E-state index in [2.05, 4.69) is 26.3 Å². The molecule has 0 unspecified atom stereocenters. The van der Waals surface area contributed by atoms with Crippen molar-refractivity contribution >= 4 is 35.0 Å². The number of nitrogens with one attached hydrogen (secondary N) is 1. The maximum atomic E-state index is 11.5. The summed E-state index contributed by atoms with van der Waals surface area (Å²) in [5.41, 5.74) is 3.94. The van der Waals surface area contributed by atoms with E-state index in [0.29, 0.717) is 24.1 Å². The number of halogens is 1. The Morgan fingerprint density at radius 2 is 1.77 bits per heavy atom. The summed E-state index contributed by atoms with van der Waals surface area (Å²) in [4.78, 5) is 24.7. The Bertz CT molecular complexity index is 808. The van der Waals surface area contributed by atoms with Gasteiger partial charge >= 0.3 is 0 Å². The second kappa shape index (κ2) is 7.50. The summed E-state index contributed by atoms with van der Waals surface area (Å²) in [5.74, 6) is 1.51. The third-order valence-corrected chi connectivity index (χ3v) is 4.83. The molecule has 1 aromatic carbocycles. The van der Waals surface area contributed by atoms with Crippen molar-refractivity contribution in [2.45, 2.75) is 27.7 Å². The first-order valence-electron chi connectivity index (χ1n) is 8.73. The van der Waals surface area contributed by atoms with Crippen molar-refractivity contribution in [3.05, 3.63) is 40.0 Å². The van der Waals surface area contributed by atoms with E-state index in [1.165, 1.54) is 0 Å². The number of piperazine rings is 1. The van der Waals surface area contributed by atoms with Crippen molar-refractivity contribution in [1.29, 1.82) is 0 Å². The molecule has 0 bridgehead atoms. The molecule has 0 atom stereocenters. The van der Waals surface area contributed by atoms with Crippen LogP contribution in [0.4, 0.5) is 17.5 Å². The van der Waals surface area contributed by atoms with Crippen LogP contribution >= 0.6 is 11.6 Å². The molecule has 7 heteroatoms. The number of carbonyl (C=O) groups is 1. The summed E-state index contributed by atoms with van der Waals surface area (Å²) in [5, 5.41) is 4.02. The predicted octanol–water partition coefficient (Wildman–Crippen LogP) is 3.47. The number of carbonyl (C=O) groups excluding carboxylic acids is 1. The fourth-order valence-corrected chi connectivity index (χ4v) is 3.55. The zero-order chi connectivity index (χ0) is 18.8. The van der Waals surface area contributed by atoms with Crippen LogP contribution in [0.25, 0.3) is 0 Å². The SMILES string of the molecule is CC(=O)N1CCN(c2nc(C)cc(Nc3c(C)cc(C)cc3Cl)n2)CC1. The number of hydrogen-bond donors (Lipinski definition) is 1. The zero-order valence-corrected chi connectivity index (χ0v) is 16.4. The van der Waals surface area contributed by atoms with Gasteiger partial charge in [0.15, 0.2) is 0 Å². The predicted molar refractivity (Wildman–Crippen MR) is 105 cm³/mol. The van der Waals surface area contributed by atoms with Gasteiger partial charge in [0.1, 0.15) is 5.82 Å². The molecule has 1 amide bonds. The van der Waals surface area contributed by atoms with Gasteiger partial charge in [0, 0.05) is 44.9 Å². The lowest BCUT2D eigenvalue weighted by molar-refractivity contribution is -0.129. The maximum Gasteiger partial charge on any atom is 0.227 e. The van der Waals surface area contributed by atoms with Crippen molar-refractivity contribution in [2.24, 2.45) is 0 Å². The summed E-state index contributed by atoms with van der Waals surface area (Å²) in [6, 6.07) is 5.93. The van der Waals surface area contributed by atoms with Crippen molar-refractivity contribution < 1.29 is 4.79 Å². The Kier molecular flexibility index (Phi) is 5.32. The molecule has 1 aliphatic heterocycles. The lowest BCUT2D eigenvalue weighted by Gasteiger charge is -2.34. The highest BCUT2D eigenvalue weighted by atomic mass is 35.5. The second-order valence-corrected chi connectivity index (χ2v) is 7.16. The molecule has 1 N–H and O–H groups in total. The molecule has 0 saturated carbocycles. The third-order valence-electron chi connectivity index (χ3n) is 4.54. The summed E-state index contributed by atoms with van der Waals surface area (Å²) < 4.78 is 0. The highest BCUT2D eigenvalue weighted by molar-refractivity contribution is 6.33. The van der Waals surface area contributed by atoms with Crippen LogP contribution in [-0.4, -0.2) is 47.0 Å². The van der Waals surface area contributed by atoms with Crippen LogP contribution < -0.4 is 10.2 Å². The minimum atomic E-state index is 0.113. The number of benzene rings is 1. The number of aryl methyl sites for hydroxylation is 3. The van der Waals surface area contributed by atoms with Crippen molar-refractivity contribution in [3.63, 3.8) is 0 Å². The van der Waals surface area contributed by atoms with Crippen molar-refractivity contribution in [2.75, 3.05) is 36.4 Å². The molecule has 0 radical (unpaired) electrons. The van der Waals surface area contributed by atoms with Crippen LogP contribution in [0.2, 0.25) is 5.02 Å². The van der Waals surface area contributed by atoms with Crippen LogP contribution in [0.3, 0.4) is 0 Å². The molecule has 26 heavy (non-hydrogen) atoms. The molecule has 2 heterocycles. The standard InChI is InChI=1S/C19H24ClN5O/c1-12-9-13(2)18(16(20)10-12)22-17-11-14(3)21-19(23-17)25-7-5-24(6-8-25)15(4)26/h9-11H,5-8H2,1-4H3,(H,21,22,23). The van der Waals surface area contributed by atoms with Gasteiger partial charge in [-0.25, -0.2) is 4.98 Å². The third kappa shape index (κ3) is 4.07. The highest BCUT2D eigenvalue weighted by Gasteiger charge is 2.21. The Morgan fingerprint density at radius 1 is 1.08 bits per heavy atom. The fraction of sp³-hybridized carbons (Fsp3) is 0.421. The van der Waals surface area contributed by atoms with E-state index in [4.69, 9.17) is 11.6 Å². The van der Waals surface area contributed by atoms with Gasteiger partial charge in [-0.2, -0.15) is 4.98 Å². The van der Waals surface area contributed by atoms with E-state index in [1.807, 2.05) is 37.8 Å². The van der Waals surface area contributed by atoms with E-state index in [0.717, 1.165) is 41.4 Å². The van der Waals surface area contributed by atoms with Crippen molar-refractivity contribution in [3.8, 4) is 0 Å². The Morgan fingerprint density at radius 3 is 2.38 bits per heavy atom. The van der Waals surface area contributed by atoms with Gasteiger partial charge in [0.25, 0.3) is 0 Å². The monoisotopic (exact) mass is 373 g/mol. The van der Waals surface area contributed by atoms with Gasteiger partial charge in [-0.1, -0.05) is 17.7 Å². The number of anilines is 3. The van der Waals surface area contributed by atoms with Crippen LogP contribution in [0, 0.1) is 20.8 Å². The van der Waals surface area contributed by atoms with Gasteiger partial charge in [0.2, 0.25) is 11.9 Å². The number of nitrogens with zero attached hydrogens (tertiary/aromatic N) is 4. The molecule has 3 rings (SSSR count). The molecule has 1 aromatic heterocycles. The van der Waals surface area contributed by atoms with E-state index < -0.39 is 0 Å². The van der Waals surface area contributed by atoms with Gasteiger partial charge < -0.3 is 15.1 Å². The normalized spacial score (nSPS) is 14.5. The molecule has 6 nitrogen and oxygen atoms in total. The summed E-state index contributed by atoms with van der Waals surface area (Å²) >= 11 is 6.40. The lowest BCUT2D eigenvalue weighted by atomic mass is 10.1. The van der Waals surface area contributed by atoms with Gasteiger partial charge in [-0.15, -0.1) is 0 Å². The molecule has 0 spiro atoms. The van der Waals surface area contributed by atoms with Crippen LogP contribution in [0.5, 0.6) is 0 Å². The van der Waals surface area contributed by atoms with Gasteiger partial charge in [0.05, 0.1) is 10.7 Å². The first-order valence-corrected chi connectivity index (χ1v) is 9.11. The first kappa shape index (κ1) is 18.5. The molecule has 2 aromatic rings. The topological polar surface area (TPSA) is 61.4 Å². The Hall–Kier alpha value is -2.34. The maximum absolute atomic E-state index is 11.5. The smallest absolute Gasteiger partial charge is 0.227 e. The summed E-state index contributed by atoms with van der Waals surface area (Å²) in [6.07, 6.45) is 0. The van der Waals surface area contributed by atoms with E-state index in [-0.39, 0.29) is 5.91 Å². The largest absolute Gasteiger partial charge is 0.339 e. The minimum Gasteiger partial charge on any atom is -0.339 e. The highest BCUT2D eigenvalue weighted by Crippen LogP contribution is 2.30. The number of rotatable bonds is 3. The van der Waals surface area contributed by atoms with Crippen LogP contribution in [0.1, 0.15) is 23.7 Å². The van der Waals surface area contributed by atoms with Crippen molar-refractivity contribution in [1.82, 2.24) is 14.9 Å². The molecular formula is C19H24ClN5O. The average Bonchev–Trinajstić information content (AvgIpc) is 2.57. The molecule has 138 valence electrons. The Labute approximate surface area is 159 Å². The van der Waals surface area contributed by atoms with Crippen LogP contribution in [-0.2, 0) is 4.79 Å². The molecule has 0 aliphatic carbocycles. The quantitative estimate of drug-likeness (QED) is 0.892. The van der Waals surface area contributed by atoms with Crippen LogP contribution in [0.15, 0.2) is 18.2 Å². The number of aromatic nitrogens is 2. The molecule has 1 saturated heterocycles. The average molecular weight is 374 g/mol. The lowest BCUT2D eigenvalue weighted by Crippen LogP contribution is -2.48. The number of amides is 1. The van der Waals surface area contributed by atoms with Gasteiger partial charge in [-0.05, 0) is 38.0 Å². The second-order valence-electron chi connectivity index (χ2n) is 6.75. The molecule has 1 aliphatic rings. The van der Waals surface area contributed by atoms with E-state index in [9.17, 15) is 4.79 Å². The number of hydrogen-bond acceptors (Lipinski definition) is 5. The summed E-state index contributed by atoms with van der Waals surface area (Å²) in [6.45, 7) is 10.4. The zero-order valence-electron chi connectivity index (χ0n) is 15.6. The van der Waals surface area contributed by atoms with E-state index in [1.54, 1.807) is 6.92 Å². The minimum absolute atomic E-state index is 0.113. The summed E-state index contributed by atoms with van der Waals surface area (Å²) in [7, 11) is 0. The molecular weight excluding hydrogens is 350 g/mol. The first-order chi connectivity index (χ1) is 12.3. The Balaban J connectivity index is 1.82. The molecule has 1 fully saturated rings. The fourth-order valence-electron chi connectivity index (χ4n) is 3.18. The van der Waals surface area contributed by atoms with Gasteiger partial charge in [-0.3, -0.25) is 4.79 Å².